The van der Waals surface area contributed by atoms with Gasteiger partial charge in [0.1, 0.15) is 7.60 Å². The number of hydrogen-bond donors (Lipinski definition) is 0. The van der Waals surface area contributed by atoms with Gasteiger partial charge in [0.25, 0.3) is 0 Å². The van der Waals surface area contributed by atoms with Gasteiger partial charge in [0.15, 0.2) is 0 Å². The SMILES string of the molecule is CCCC.COP(C)(=O)[O-]. The molecule has 0 aromatic heterocycles. The van der Waals surface area contributed by atoms with Crippen LogP contribution in [-0.4, -0.2) is 13.8 Å². The summed E-state index contributed by atoms with van der Waals surface area (Å²) in [5.41, 5.74) is 0. The normalized spacial score (nSPS) is 14.9. The molecule has 0 aliphatic rings. The van der Waals surface area contributed by atoms with E-state index in [1.165, 1.54) is 12.8 Å². The fourth-order valence-electron chi connectivity index (χ4n) is 0. The Bertz CT molecular complexity index is 95.2. The van der Waals surface area contributed by atoms with E-state index in [2.05, 4.69) is 18.4 Å². The zero-order chi connectivity index (χ0) is 8.62. The van der Waals surface area contributed by atoms with Crippen molar-refractivity contribution in [1.29, 1.82) is 0 Å². The summed E-state index contributed by atoms with van der Waals surface area (Å²) in [5.74, 6) is 0. The maximum Gasteiger partial charge on any atom is 0.131 e. The van der Waals surface area contributed by atoms with Crippen molar-refractivity contribution in [3.8, 4) is 0 Å². The molecule has 0 aromatic carbocycles. The van der Waals surface area contributed by atoms with E-state index in [1.807, 2.05) is 0 Å². The molecule has 0 amide bonds. The summed E-state index contributed by atoms with van der Waals surface area (Å²) >= 11 is 0. The summed E-state index contributed by atoms with van der Waals surface area (Å²) < 4.78 is 13.7. The highest BCUT2D eigenvalue weighted by Crippen LogP contribution is 2.28. The average Bonchev–Trinajstić information content (AvgIpc) is 1.87. The lowest BCUT2D eigenvalue weighted by Crippen LogP contribution is -1.98. The predicted molar refractivity (Wildman–Crippen MR) is 41.1 cm³/mol. The van der Waals surface area contributed by atoms with Crippen molar-refractivity contribution in [2.75, 3.05) is 13.8 Å². The van der Waals surface area contributed by atoms with Gasteiger partial charge in [-0.05, 0) is 0 Å². The van der Waals surface area contributed by atoms with Gasteiger partial charge in [0, 0.05) is 13.8 Å². The molecule has 0 radical (unpaired) electrons. The van der Waals surface area contributed by atoms with E-state index >= 15 is 0 Å². The predicted octanol–water partition coefficient (Wildman–Crippen LogP) is 1.62. The largest absolute Gasteiger partial charge is 0.779 e. The van der Waals surface area contributed by atoms with Crippen molar-refractivity contribution in [1.82, 2.24) is 0 Å². The van der Waals surface area contributed by atoms with Gasteiger partial charge >= 0.3 is 0 Å². The molecule has 1 unspecified atom stereocenters. The van der Waals surface area contributed by atoms with Gasteiger partial charge in [0.2, 0.25) is 0 Å². The first-order chi connectivity index (χ1) is 4.47. The highest BCUT2D eigenvalue weighted by molar-refractivity contribution is 7.50. The fourth-order valence-corrected chi connectivity index (χ4v) is 0. The summed E-state index contributed by atoms with van der Waals surface area (Å²) in [6.45, 7) is 5.38. The minimum atomic E-state index is -3.40. The van der Waals surface area contributed by atoms with Crippen LogP contribution >= 0.6 is 7.60 Å². The van der Waals surface area contributed by atoms with Gasteiger partial charge < -0.3 is 14.0 Å². The smallest absolute Gasteiger partial charge is 0.131 e. The average molecular weight is 167 g/mol. The number of rotatable bonds is 2. The molecule has 0 fully saturated rings. The van der Waals surface area contributed by atoms with Gasteiger partial charge in [0.05, 0.1) is 0 Å². The van der Waals surface area contributed by atoms with Crippen LogP contribution in [0.5, 0.6) is 0 Å². The second-order valence-electron chi connectivity index (χ2n) is 1.95. The van der Waals surface area contributed by atoms with Crippen molar-refractivity contribution >= 4 is 7.60 Å². The summed E-state index contributed by atoms with van der Waals surface area (Å²) in [6, 6.07) is 0. The minimum absolute atomic E-state index is 1.02. The summed E-state index contributed by atoms with van der Waals surface area (Å²) in [4.78, 5) is 9.81. The molecule has 1 atom stereocenters. The topological polar surface area (TPSA) is 49.4 Å². The lowest BCUT2D eigenvalue weighted by molar-refractivity contribution is -0.194. The van der Waals surface area contributed by atoms with Crippen molar-refractivity contribution in [2.24, 2.45) is 0 Å². The number of unbranched alkanes of at least 4 members (excludes halogenated alkanes) is 1. The Morgan fingerprint density at radius 1 is 1.40 bits per heavy atom. The van der Waals surface area contributed by atoms with Crippen LogP contribution in [0.2, 0.25) is 0 Å². The summed E-state index contributed by atoms with van der Waals surface area (Å²) in [5, 5.41) is 0. The van der Waals surface area contributed by atoms with Crippen LogP contribution in [0.3, 0.4) is 0 Å². The first kappa shape index (κ1) is 12.8. The van der Waals surface area contributed by atoms with E-state index in [1.54, 1.807) is 0 Å². The molecule has 10 heavy (non-hydrogen) atoms. The van der Waals surface area contributed by atoms with E-state index in [9.17, 15) is 9.46 Å². The Labute approximate surface area is 62.9 Å². The zero-order valence-electron chi connectivity index (χ0n) is 7.09. The Hall–Kier alpha value is 0.150. The van der Waals surface area contributed by atoms with Gasteiger partial charge in [-0.1, -0.05) is 26.7 Å². The molecule has 0 aliphatic heterocycles. The lowest BCUT2D eigenvalue weighted by Gasteiger charge is -2.12. The fraction of sp³-hybridized carbons (Fsp3) is 1.00. The van der Waals surface area contributed by atoms with E-state index in [0.717, 1.165) is 13.8 Å². The maximum absolute atomic E-state index is 9.81. The van der Waals surface area contributed by atoms with Crippen molar-refractivity contribution in [3.63, 3.8) is 0 Å². The quantitative estimate of drug-likeness (QED) is 0.587. The van der Waals surface area contributed by atoms with Crippen LogP contribution in [0, 0.1) is 0 Å². The molecular formula is C6H16O3P-. The molecule has 0 bridgehead atoms. The van der Waals surface area contributed by atoms with E-state index in [0.29, 0.717) is 0 Å². The first-order valence-corrected chi connectivity index (χ1v) is 5.31. The molecule has 0 N–H and O–H groups in total. The molecule has 0 rings (SSSR count). The Kier molecular flexibility index (Phi) is 9.29. The zero-order valence-corrected chi connectivity index (χ0v) is 7.98. The Morgan fingerprint density at radius 3 is 1.60 bits per heavy atom. The molecule has 0 heterocycles. The first-order valence-electron chi connectivity index (χ1n) is 3.32. The van der Waals surface area contributed by atoms with Crippen LogP contribution in [-0.2, 0) is 9.09 Å². The van der Waals surface area contributed by atoms with Crippen LogP contribution in [0.25, 0.3) is 0 Å². The van der Waals surface area contributed by atoms with E-state index in [-0.39, 0.29) is 0 Å². The monoisotopic (exact) mass is 167 g/mol. The van der Waals surface area contributed by atoms with Gasteiger partial charge in [-0.15, -0.1) is 0 Å². The lowest BCUT2D eigenvalue weighted by atomic mass is 10.4. The van der Waals surface area contributed by atoms with Gasteiger partial charge in [-0.2, -0.15) is 0 Å². The van der Waals surface area contributed by atoms with Crippen molar-refractivity contribution in [2.45, 2.75) is 26.7 Å². The number of hydrogen-bond acceptors (Lipinski definition) is 3. The maximum atomic E-state index is 9.81. The van der Waals surface area contributed by atoms with Crippen LogP contribution in [0.15, 0.2) is 0 Å². The molecule has 0 spiro atoms. The highest BCUT2D eigenvalue weighted by Gasteiger charge is 1.87. The van der Waals surface area contributed by atoms with Crippen molar-refractivity contribution in [3.05, 3.63) is 0 Å². The Morgan fingerprint density at radius 2 is 1.60 bits per heavy atom. The van der Waals surface area contributed by atoms with Crippen LogP contribution in [0.4, 0.5) is 0 Å². The Balaban J connectivity index is 0. The second kappa shape index (κ2) is 7.26. The third-order valence-corrected chi connectivity index (χ3v) is 1.49. The standard InChI is InChI=1S/C4H10.C2H7O3P/c1-3-4-2;1-5-6(2,3)4/h3-4H2,1-2H3;1-2H3,(H,3,4)/p-1. The van der Waals surface area contributed by atoms with E-state index < -0.39 is 7.60 Å². The third-order valence-electron chi connectivity index (χ3n) is 0.832. The van der Waals surface area contributed by atoms with Gasteiger partial charge in [-0.3, -0.25) is 0 Å². The minimum Gasteiger partial charge on any atom is -0.779 e. The van der Waals surface area contributed by atoms with Crippen molar-refractivity contribution < 1.29 is 14.0 Å². The van der Waals surface area contributed by atoms with Crippen LogP contribution < -0.4 is 4.89 Å². The molecule has 0 saturated carbocycles. The van der Waals surface area contributed by atoms with E-state index in [4.69, 9.17) is 0 Å². The summed E-state index contributed by atoms with van der Waals surface area (Å²) in [7, 11) is -2.26. The second-order valence-corrected chi connectivity index (χ2v) is 3.86. The molecular weight excluding hydrogens is 151 g/mol. The molecule has 3 nitrogen and oxygen atoms in total. The van der Waals surface area contributed by atoms with Crippen LogP contribution in [0.1, 0.15) is 26.7 Å². The molecule has 64 valence electrons. The molecule has 4 heteroatoms. The molecule has 0 aliphatic carbocycles. The summed E-state index contributed by atoms with van der Waals surface area (Å²) in [6.07, 6.45) is 2.64. The highest BCUT2D eigenvalue weighted by atomic mass is 31.2. The van der Waals surface area contributed by atoms with Gasteiger partial charge in [-0.25, -0.2) is 0 Å². The molecule has 0 aromatic rings. The third kappa shape index (κ3) is 24.2. The molecule has 0 saturated heterocycles.